The van der Waals surface area contributed by atoms with Crippen molar-refractivity contribution in [2.45, 2.75) is 0 Å². The van der Waals surface area contributed by atoms with Crippen LogP contribution in [0.15, 0.2) is 42.7 Å². The first-order valence-electron chi connectivity index (χ1n) is 5.62. The van der Waals surface area contributed by atoms with Gasteiger partial charge in [0.05, 0.1) is 22.4 Å². The molecule has 0 N–H and O–H groups in total. The first kappa shape index (κ1) is 14.4. The number of amides is 1. The van der Waals surface area contributed by atoms with E-state index in [1.54, 1.807) is 37.6 Å². The van der Waals surface area contributed by atoms with Crippen LogP contribution in [0.1, 0.15) is 10.4 Å². The van der Waals surface area contributed by atoms with Crippen molar-refractivity contribution in [2.75, 3.05) is 11.9 Å². The molecule has 0 spiro atoms. The van der Waals surface area contributed by atoms with Gasteiger partial charge >= 0.3 is 0 Å². The fourth-order valence-corrected chi connectivity index (χ4v) is 2.21. The number of aromatic nitrogens is 1. The predicted molar refractivity (Wildman–Crippen MR) is 82.8 cm³/mol. The minimum absolute atomic E-state index is 0.103. The molecular weight excluding hydrogens is 373 g/mol. The van der Waals surface area contributed by atoms with Gasteiger partial charge in [0.1, 0.15) is 0 Å². The van der Waals surface area contributed by atoms with E-state index >= 15 is 0 Å². The van der Waals surface area contributed by atoms with E-state index in [1.165, 1.54) is 17.0 Å². The molecule has 2 aromatic rings. The highest BCUT2D eigenvalue weighted by molar-refractivity contribution is 14.1. The van der Waals surface area contributed by atoms with Gasteiger partial charge in [0, 0.05) is 28.9 Å². The fraction of sp³-hybridized carbons (Fsp3) is 0.0769. The number of nitrogens with zero attached hydrogens (tertiary/aromatic N) is 3. The van der Waals surface area contributed by atoms with Crippen LogP contribution in [0.5, 0.6) is 0 Å². The molecule has 2 rings (SSSR count). The first-order valence-corrected chi connectivity index (χ1v) is 6.70. The van der Waals surface area contributed by atoms with Gasteiger partial charge in [-0.3, -0.25) is 19.9 Å². The molecule has 20 heavy (non-hydrogen) atoms. The largest absolute Gasteiger partial charge is 0.310 e. The van der Waals surface area contributed by atoms with Crippen LogP contribution < -0.4 is 4.90 Å². The third kappa shape index (κ3) is 2.93. The fourth-order valence-electron chi connectivity index (χ4n) is 1.64. The lowest BCUT2D eigenvalue weighted by Gasteiger charge is -2.17. The highest BCUT2D eigenvalue weighted by Gasteiger charge is 2.19. The lowest BCUT2D eigenvalue weighted by atomic mass is 10.1. The maximum absolute atomic E-state index is 12.4. The van der Waals surface area contributed by atoms with Crippen molar-refractivity contribution in [1.82, 2.24) is 4.98 Å². The van der Waals surface area contributed by atoms with E-state index in [9.17, 15) is 14.9 Å². The number of anilines is 1. The van der Waals surface area contributed by atoms with Crippen LogP contribution in [0.25, 0.3) is 0 Å². The molecule has 0 aliphatic heterocycles. The summed E-state index contributed by atoms with van der Waals surface area (Å²) < 4.78 is 0.661. The maximum atomic E-state index is 12.4. The standard InChI is InChI=1S/C13H10IN3O3/c1-16(10-3-2-6-15-8-10)13(18)11-7-9(17(19)20)4-5-12(11)14/h2-8H,1H3. The van der Waals surface area contributed by atoms with Crippen LogP contribution in [0.4, 0.5) is 11.4 Å². The highest BCUT2D eigenvalue weighted by atomic mass is 127. The topological polar surface area (TPSA) is 76.3 Å². The van der Waals surface area contributed by atoms with Crippen LogP contribution in [0.2, 0.25) is 0 Å². The second kappa shape index (κ2) is 5.95. The molecule has 0 unspecified atom stereocenters. The molecule has 0 aliphatic carbocycles. The van der Waals surface area contributed by atoms with Crippen molar-refractivity contribution in [2.24, 2.45) is 0 Å². The molecular formula is C13H10IN3O3. The Morgan fingerprint density at radius 1 is 1.40 bits per heavy atom. The second-order valence-electron chi connectivity index (χ2n) is 4.00. The summed E-state index contributed by atoms with van der Waals surface area (Å²) in [7, 11) is 1.61. The molecule has 102 valence electrons. The third-order valence-electron chi connectivity index (χ3n) is 2.73. The molecule has 7 heteroatoms. The molecule has 0 fully saturated rings. The summed E-state index contributed by atoms with van der Waals surface area (Å²) in [6, 6.07) is 7.69. The van der Waals surface area contributed by atoms with Gasteiger partial charge in [0.2, 0.25) is 0 Å². The van der Waals surface area contributed by atoms with Gasteiger partial charge < -0.3 is 4.90 Å². The van der Waals surface area contributed by atoms with Crippen LogP contribution in [-0.4, -0.2) is 22.9 Å². The van der Waals surface area contributed by atoms with Crippen molar-refractivity contribution in [3.05, 3.63) is 62.0 Å². The molecule has 0 atom stereocenters. The van der Waals surface area contributed by atoms with Crippen molar-refractivity contribution in [3.8, 4) is 0 Å². The third-order valence-corrected chi connectivity index (χ3v) is 3.67. The van der Waals surface area contributed by atoms with Crippen molar-refractivity contribution < 1.29 is 9.72 Å². The Bertz CT molecular complexity index is 661. The SMILES string of the molecule is CN(C(=O)c1cc([N+](=O)[O-])ccc1I)c1cccnc1. The smallest absolute Gasteiger partial charge is 0.270 e. The number of hydrogen-bond acceptors (Lipinski definition) is 4. The van der Waals surface area contributed by atoms with E-state index in [0.29, 0.717) is 14.8 Å². The minimum Gasteiger partial charge on any atom is -0.310 e. The Balaban J connectivity index is 2.38. The highest BCUT2D eigenvalue weighted by Crippen LogP contribution is 2.22. The van der Waals surface area contributed by atoms with Gasteiger partial charge in [0.25, 0.3) is 11.6 Å². The Labute approximate surface area is 128 Å². The molecule has 1 aromatic carbocycles. The number of nitro groups is 1. The molecule has 1 heterocycles. The predicted octanol–water partition coefficient (Wildman–Crippen LogP) is 2.87. The monoisotopic (exact) mass is 383 g/mol. The van der Waals surface area contributed by atoms with Gasteiger partial charge in [0.15, 0.2) is 0 Å². The molecule has 0 aliphatic rings. The van der Waals surface area contributed by atoms with E-state index < -0.39 is 4.92 Å². The molecule has 1 amide bonds. The summed E-state index contributed by atoms with van der Waals surface area (Å²) in [5.41, 5.74) is 0.819. The van der Waals surface area contributed by atoms with Gasteiger partial charge in [-0.25, -0.2) is 0 Å². The maximum Gasteiger partial charge on any atom is 0.270 e. The van der Waals surface area contributed by atoms with Gasteiger partial charge in [-0.2, -0.15) is 0 Å². The Morgan fingerprint density at radius 2 is 2.15 bits per heavy atom. The number of non-ortho nitro benzene ring substituents is 1. The van der Waals surface area contributed by atoms with E-state index in [2.05, 4.69) is 4.98 Å². The number of hydrogen-bond donors (Lipinski definition) is 0. The zero-order valence-electron chi connectivity index (χ0n) is 10.5. The van der Waals surface area contributed by atoms with Crippen molar-refractivity contribution in [3.63, 3.8) is 0 Å². The van der Waals surface area contributed by atoms with E-state index in [1.807, 2.05) is 22.6 Å². The molecule has 1 aromatic heterocycles. The van der Waals surface area contributed by atoms with Crippen molar-refractivity contribution >= 4 is 39.9 Å². The van der Waals surface area contributed by atoms with E-state index in [4.69, 9.17) is 0 Å². The number of benzene rings is 1. The molecule has 0 saturated heterocycles. The number of pyridine rings is 1. The number of nitro benzene ring substituents is 1. The summed E-state index contributed by atoms with van der Waals surface area (Å²) in [4.78, 5) is 28.0. The average Bonchev–Trinajstić information content (AvgIpc) is 2.47. The number of carbonyl (C=O) groups is 1. The van der Waals surface area contributed by atoms with Crippen molar-refractivity contribution in [1.29, 1.82) is 0 Å². The Kier molecular flexibility index (Phi) is 4.28. The van der Waals surface area contributed by atoms with Gasteiger partial charge in [-0.15, -0.1) is 0 Å². The molecule has 0 saturated carbocycles. The summed E-state index contributed by atoms with van der Waals surface area (Å²) >= 11 is 1.98. The van der Waals surface area contributed by atoms with Gasteiger partial charge in [-0.1, -0.05) is 0 Å². The lowest BCUT2D eigenvalue weighted by molar-refractivity contribution is -0.384. The van der Waals surface area contributed by atoms with Crippen LogP contribution in [-0.2, 0) is 0 Å². The number of carbonyl (C=O) groups excluding carboxylic acids is 1. The molecule has 6 nitrogen and oxygen atoms in total. The normalized spacial score (nSPS) is 10.1. The summed E-state index contributed by atoms with van der Waals surface area (Å²) in [5, 5.41) is 10.8. The number of halogens is 1. The summed E-state index contributed by atoms with van der Waals surface area (Å²) in [6.07, 6.45) is 3.17. The summed E-state index contributed by atoms with van der Waals surface area (Å²) in [5.74, 6) is -0.314. The van der Waals surface area contributed by atoms with Crippen LogP contribution >= 0.6 is 22.6 Å². The zero-order chi connectivity index (χ0) is 14.7. The molecule has 0 radical (unpaired) electrons. The van der Waals surface area contributed by atoms with Gasteiger partial charge in [-0.05, 0) is 40.8 Å². The Morgan fingerprint density at radius 3 is 2.75 bits per heavy atom. The minimum atomic E-state index is -0.517. The summed E-state index contributed by atoms with van der Waals surface area (Å²) in [6.45, 7) is 0. The number of rotatable bonds is 3. The van der Waals surface area contributed by atoms with Crippen LogP contribution in [0, 0.1) is 13.7 Å². The quantitative estimate of drug-likeness (QED) is 0.464. The lowest BCUT2D eigenvalue weighted by Crippen LogP contribution is -2.27. The van der Waals surface area contributed by atoms with Crippen LogP contribution in [0.3, 0.4) is 0 Å². The Hall–Kier alpha value is -2.03. The van der Waals surface area contributed by atoms with E-state index in [0.717, 1.165) is 0 Å². The molecule has 0 bridgehead atoms. The first-order chi connectivity index (χ1) is 9.50. The second-order valence-corrected chi connectivity index (χ2v) is 5.16. The zero-order valence-corrected chi connectivity index (χ0v) is 12.6. The van der Waals surface area contributed by atoms with E-state index in [-0.39, 0.29) is 11.6 Å². The average molecular weight is 383 g/mol.